The molecule has 1 atom stereocenters. The van der Waals surface area contributed by atoms with Gasteiger partial charge in [-0.2, -0.15) is 0 Å². The van der Waals surface area contributed by atoms with Gasteiger partial charge in [-0.05, 0) is 44.0 Å². The number of halogens is 1. The number of hydrazine groups is 1. The SMILES string of the molecule is CC(=O)NN1CCCCC1.CC(O)CNCCOc1cc2ccc1o2.Fc1cccc2c1O2. The number of fused-ring (bicyclic) bond motifs is 3. The third-order valence-electron chi connectivity index (χ3n) is 4.89. The number of para-hydroxylation sites is 1. The Balaban J connectivity index is 0.000000147. The molecule has 1 fully saturated rings. The van der Waals surface area contributed by atoms with E-state index in [1.807, 2.05) is 23.2 Å². The maximum atomic E-state index is 12.2. The fourth-order valence-corrected chi connectivity index (χ4v) is 3.30. The zero-order valence-corrected chi connectivity index (χ0v) is 19.1. The first-order valence-corrected chi connectivity index (χ1v) is 11.2. The Hall–Kier alpha value is -2.88. The summed E-state index contributed by atoms with van der Waals surface area (Å²) >= 11 is 0. The standard InChI is InChI=1S/C11H15NO3.C7H14N2O.C6H3FO/c1-8(13)7-12-4-5-14-11-6-9-2-3-10(11)15-9;1-7(10)8-9-5-3-2-4-6-9;7-4-2-1-3-5-6(4)8-5/h2-3,6,8,12-13H,4-5,7H2,1H3;2-6H2,1H3,(H,8,10);1-3H. The molecule has 1 aromatic carbocycles. The van der Waals surface area contributed by atoms with Gasteiger partial charge in [-0.15, -0.1) is 0 Å². The van der Waals surface area contributed by atoms with Crippen molar-refractivity contribution in [3.8, 4) is 17.2 Å². The first-order valence-electron chi connectivity index (χ1n) is 11.2. The number of aliphatic hydroxyl groups is 1. The van der Waals surface area contributed by atoms with Gasteiger partial charge in [0.25, 0.3) is 0 Å². The topological polar surface area (TPSA) is 99.5 Å². The molecule has 8 nitrogen and oxygen atoms in total. The molecule has 2 aliphatic heterocycles. The predicted molar refractivity (Wildman–Crippen MR) is 123 cm³/mol. The van der Waals surface area contributed by atoms with E-state index in [9.17, 15) is 9.18 Å². The van der Waals surface area contributed by atoms with E-state index in [2.05, 4.69) is 10.7 Å². The number of amides is 1. The smallest absolute Gasteiger partial charge is 0.231 e. The van der Waals surface area contributed by atoms with Crippen LogP contribution in [0.25, 0.3) is 11.2 Å². The quantitative estimate of drug-likeness (QED) is 0.285. The van der Waals surface area contributed by atoms with E-state index in [0.717, 1.165) is 30.0 Å². The number of carbonyl (C=O) groups excluding carboxylic acids is 1. The van der Waals surface area contributed by atoms with E-state index < -0.39 is 0 Å². The number of ether oxygens (including phenoxy) is 2. The lowest BCUT2D eigenvalue weighted by Gasteiger charge is -2.25. The molecule has 3 aromatic rings. The van der Waals surface area contributed by atoms with Gasteiger partial charge < -0.3 is 24.3 Å². The zero-order valence-electron chi connectivity index (χ0n) is 19.1. The maximum absolute atomic E-state index is 12.2. The van der Waals surface area contributed by atoms with Gasteiger partial charge in [0, 0.05) is 39.2 Å². The first-order chi connectivity index (χ1) is 15.9. The van der Waals surface area contributed by atoms with E-state index in [4.69, 9.17) is 19.0 Å². The summed E-state index contributed by atoms with van der Waals surface area (Å²) in [4.78, 5) is 10.6. The summed E-state index contributed by atoms with van der Waals surface area (Å²) in [7, 11) is 0. The van der Waals surface area contributed by atoms with Gasteiger partial charge in [-0.3, -0.25) is 10.2 Å². The Morgan fingerprint density at radius 2 is 2.03 bits per heavy atom. The van der Waals surface area contributed by atoms with Gasteiger partial charge in [-0.25, -0.2) is 9.40 Å². The van der Waals surface area contributed by atoms with Gasteiger partial charge in [0.15, 0.2) is 22.9 Å². The lowest BCUT2D eigenvalue weighted by atomic mass is 10.2. The summed E-state index contributed by atoms with van der Waals surface area (Å²) < 4.78 is 27.8. The Labute approximate surface area is 193 Å². The van der Waals surface area contributed by atoms with Gasteiger partial charge in [0.05, 0.1) is 6.10 Å². The zero-order chi connectivity index (χ0) is 23.6. The minimum atomic E-state index is -0.317. The fourth-order valence-electron chi connectivity index (χ4n) is 3.30. The average molecular weight is 462 g/mol. The van der Waals surface area contributed by atoms with Crippen LogP contribution in [0.2, 0.25) is 0 Å². The third-order valence-corrected chi connectivity index (χ3v) is 4.89. The summed E-state index contributed by atoms with van der Waals surface area (Å²) in [6.45, 7) is 7.21. The molecule has 0 saturated carbocycles. The van der Waals surface area contributed by atoms with Crippen molar-refractivity contribution in [3.63, 3.8) is 0 Å². The molecular weight excluding hydrogens is 429 g/mol. The lowest BCUT2D eigenvalue weighted by molar-refractivity contribution is -0.124. The number of hydrogen-bond acceptors (Lipinski definition) is 7. The van der Waals surface area contributed by atoms with Crippen molar-refractivity contribution in [1.82, 2.24) is 15.8 Å². The predicted octanol–water partition coefficient (Wildman–Crippen LogP) is 3.67. The number of aliphatic hydroxyl groups excluding tert-OH is 1. The molecule has 2 bridgehead atoms. The van der Waals surface area contributed by atoms with Crippen LogP contribution in [0, 0.1) is 5.82 Å². The number of rotatable bonds is 7. The summed E-state index contributed by atoms with van der Waals surface area (Å²) in [5.74, 6) is 1.66. The highest BCUT2D eigenvalue weighted by atomic mass is 19.1. The molecule has 5 rings (SSSR count). The Kier molecular flexibility index (Phi) is 9.29. The summed E-state index contributed by atoms with van der Waals surface area (Å²) in [6.07, 6.45) is 3.40. The van der Waals surface area contributed by atoms with Crippen LogP contribution >= 0.6 is 0 Å². The molecule has 0 aliphatic carbocycles. The molecule has 0 spiro atoms. The maximum Gasteiger partial charge on any atom is 0.231 e. The van der Waals surface area contributed by atoms with Crippen molar-refractivity contribution in [2.24, 2.45) is 0 Å². The molecule has 9 heteroatoms. The van der Waals surface area contributed by atoms with E-state index in [-0.39, 0.29) is 17.8 Å². The summed E-state index contributed by atoms with van der Waals surface area (Å²) in [5, 5.41) is 14.1. The summed E-state index contributed by atoms with van der Waals surface area (Å²) in [6, 6.07) is 10.4. The normalized spacial score (nSPS) is 15.3. The van der Waals surface area contributed by atoms with E-state index >= 15 is 0 Å². The molecule has 4 heterocycles. The minimum Gasteiger partial charge on any atom is -0.488 e. The molecule has 2 aromatic heterocycles. The van der Waals surface area contributed by atoms with Crippen LogP contribution in [0.4, 0.5) is 4.39 Å². The number of benzene rings is 2. The molecule has 2 aliphatic rings. The fraction of sp³-hybridized carbons (Fsp3) is 0.458. The molecule has 180 valence electrons. The largest absolute Gasteiger partial charge is 0.488 e. The van der Waals surface area contributed by atoms with Crippen molar-refractivity contribution in [2.45, 2.75) is 39.2 Å². The molecule has 3 N–H and O–H groups in total. The molecule has 1 amide bonds. The van der Waals surface area contributed by atoms with Crippen molar-refractivity contribution >= 4 is 17.1 Å². The summed E-state index contributed by atoms with van der Waals surface area (Å²) in [5.41, 5.74) is 4.41. The molecular formula is C24H32FN3O5. The monoisotopic (exact) mass is 461 g/mol. The lowest BCUT2D eigenvalue weighted by Crippen LogP contribution is -2.43. The first kappa shape index (κ1) is 24.8. The number of hydrogen-bond donors (Lipinski definition) is 3. The second-order valence-corrected chi connectivity index (χ2v) is 8.00. The third kappa shape index (κ3) is 8.53. The number of piperidine rings is 1. The Morgan fingerprint density at radius 1 is 1.24 bits per heavy atom. The minimum absolute atomic E-state index is 0.0434. The second kappa shape index (κ2) is 12.4. The van der Waals surface area contributed by atoms with Crippen LogP contribution in [0.5, 0.6) is 17.2 Å². The Bertz CT molecular complexity index is 987. The van der Waals surface area contributed by atoms with Gasteiger partial charge in [-0.1, -0.05) is 12.5 Å². The van der Waals surface area contributed by atoms with Crippen LogP contribution in [-0.2, 0) is 4.79 Å². The highest BCUT2D eigenvalue weighted by Gasteiger charge is 2.23. The molecule has 1 unspecified atom stereocenters. The van der Waals surface area contributed by atoms with Crippen molar-refractivity contribution in [3.05, 3.63) is 42.2 Å². The number of nitrogens with zero attached hydrogens (tertiary/aromatic N) is 1. The van der Waals surface area contributed by atoms with E-state index in [0.29, 0.717) is 31.2 Å². The van der Waals surface area contributed by atoms with Crippen molar-refractivity contribution in [2.75, 3.05) is 32.8 Å². The van der Waals surface area contributed by atoms with Gasteiger partial charge >= 0.3 is 0 Å². The van der Waals surface area contributed by atoms with Crippen LogP contribution in [0.3, 0.4) is 0 Å². The van der Waals surface area contributed by atoms with Crippen molar-refractivity contribution in [1.29, 1.82) is 0 Å². The van der Waals surface area contributed by atoms with Gasteiger partial charge in [0.2, 0.25) is 11.7 Å². The highest BCUT2D eigenvalue weighted by molar-refractivity contribution is 5.72. The molecule has 1 saturated heterocycles. The second-order valence-electron chi connectivity index (χ2n) is 8.00. The molecule has 0 radical (unpaired) electrons. The molecule has 33 heavy (non-hydrogen) atoms. The number of furan rings is 2. The Morgan fingerprint density at radius 3 is 2.61 bits per heavy atom. The van der Waals surface area contributed by atoms with Crippen LogP contribution < -0.4 is 20.2 Å². The van der Waals surface area contributed by atoms with Crippen LogP contribution in [0.15, 0.2) is 40.8 Å². The van der Waals surface area contributed by atoms with E-state index in [1.165, 1.54) is 25.3 Å². The van der Waals surface area contributed by atoms with Crippen molar-refractivity contribution < 1.29 is 28.2 Å². The van der Waals surface area contributed by atoms with Crippen LogP contribution in [-0.4, -0.2) is 54.9 Å². The van der Waals surface area contributed by atoms with Crippen LogP contribution in [0.1, 0.15) is 33.1 Å². The average Bonchev–Trinajstić information content (AvgIpc) is 3.30. The number of nitrogens with one attached hydrogen (secondary N) is 2. The van der Waals surface area contributed by atoms with E-state index in [1.54, 1.807) is 26.0 Å². The van der Waals surface area contributed by atoms with Gasteiger partial charge in [0.1, 0.15) is 12.2 Å². The number of carbonyl (C=O) groups is 1. The highest BCUT2D eigenvalue weighted by Crippen LogP contribution is 2.46.